The van der Waals surface area contributed by atoms with Crippen LogP contribution < -0.4 is 10.2 Å². The molecule has 0 spiro atoms. The molecule has 4 nitrogen and oxygen atoms in total. The standard InChI is InChI=1S/C19H22N4S/c1-2-4-11-23(10-3-1)18-13-15(5-8-21-18)14-22-16-6-9-20-17-7-12-24-19(16)17/h5-9,12-13H,1-4,10-11,14H2,(H,20,22). The van der Waals surface area contributed by atoms with Crippen LogP contribution in [0.25, 0.3) is 10.2 Å². The number of nitrogens with one attached hydrogen (secondary N) is 1. The van der Waals surface area contributed by atoms with Crippen molar-refractivity contribution >= 4 is 33.1 Å². The van der Waals surface area contributed by atoms with Crippen molar-refractivity contribution in [3.8, 4) is 0 Å². The Kier molecular flexibility index (Phi) is 4.60. The van der Waals surface area contributed by atoms with Gasteiger partial charge in [0.15, 0.2) is 0 Å². The number of anilines is 2. The molecule has 3 aromatic rings. The fourth-order valence-electron chi connectivity index (χ4n) is 3.25. The first-order valence-corrected chi connectivity index (χ1v) is 9.54. The summed E-state index contributed by atoms with van der Waals surface area (Å²) in [5.41, 5.74) is 3.49. The normalized spacial score (nSPS) is 15.4. The Morgan fingerprint density at radius 2 is 1.83 bits per heavy atom. The molecule has 1 aliphatic heterocycles. The Bertz CT molecular complexity index is 806. The Morgan fingerprint density at radius 1 is 1.00 bits per heavy atom. The maximum Gasteiger partial charge on any atom is 0.128 e. The second kappa shape index (κ2) is 7.18. The highest BCUT2D eigenvalue weighted by Gasteiger charge is 2.11. The van der Waals surface area contributed by atoms with Crippen molar-refractivity contribution in [1.82, 2.24) is 9.97 Å². The van der Waals surface area contributed by atoms with Crippen molar-refractivity contribution in [1.29, 1.82) is 0 Å². The van der Waals surface area contributed by atoms with Gasteiger partial charge in [0, 0.05) is 32.0 Å². The molecule has 5 heteroatoms. The van der Waals surface area contributed by atoms with E-state index in [0.29, 0.717) is 0 Å². The summed E-state index contributed by atoms with van der Waals surface area (Å²) in [6.07, 6.45) is 9.04. The van der Waals surface area contributed by atoms with Crippen LogP contribution in [0.4, 0.5) is 11.5 Å². The van der Waals surface area contributed by atoms with Gasteiger partial charge >= 0.3 is 0 Å². The Balaban J connectivity index is 1.48. The topological polar surface area (TPSA) is 41.1 Å². The van der Waals surface area contributed by atoms with Gasteiger partial charge in [-0.2, -0.15) is 0 Å². The van der Waals surface area contributed by atoms with Crippen molar-refractivity contribution in [2.24, 2.45) is 0 Å². The predicted octanol–water partition coefficient (Wildman–Crippen LogP) is 4.68. The molecule has 1 N–H and O–H groups in total. The van der Waals surface area contributed by atoms with Gasteiger partial charge in [0.05, 0.1) is 15.9 Å². The largest absolute Gasteiger partial charge is 0.380 e. The molecule has 1 saturated heterocycles. The zero-order valence-electron chi connectivity index (χ0n) is 13.7. The van der Waals surface area contributed by atoms with Crippen molar-refractivity contribution in [3.63, 3.8) is 0 Å². The monoisotopic (exact) mass is 338 g/mol. The number of fused-ring (bicyclic) bond motifs is 1. The number of pyridine rings is 2. The molecule has 4 rings (SSSR count). The summed E-state index contributed by atoms with van der Waals surface area (Å²) in [6, 6.07) is 8.44. The third-order valence-electron chi connectivity index (χ3n) is 4.57. The van der Waals surface area contributed by atoms with Crippen LogP contribution in [0, 0.1) is 0 Å². The molecule has 0 aliphatic carbocycles. The minimum absolute atomic E-state index is 0.806. The van der Waals surface area contributed by atoms with Crippen LogP contribution in [-0.4, -0.2) is 23.1 Å². The van der Waals surface area contributed by atoms with Crippen molar-refractivity contribution in [3.05, 3.63) is 47.6 Å². The summed E-state index contributed by atoms with van der Waals surface area (Å²) in [6.45, 7) is 3.06. The second-order valence-corrected chi connectivity index (χ2v) is 7.19. The van der Waals surface area contributed by atoms with Crippen LogP contribution in [0.3, 0.4) is 0 Å². The fourth-order valence-corrected chi connectivity index (χ4v) is 4.09. The first kappa shape index (κ1) is 15.4. The number of nitrogens with zero attached hydrogens (tertiary/aromatic N) is 3. The lowest BCUT2D eigenvalue weighted by atomic mass is 10.2. The molecule has 4 heterocycles. The third-order valence-corrected chi connectivity index (χ3v) is 5.50. The number of aromatic nitrogens is 2. The van der Waals surface area contributed by atoms with E-state index >= 15 is 0 Å². The minimum Gasteiger partial charge on any atom is -0.380 e. The SMILES string of the molecule is c1cc(CNc2ccnc3ccsc23)cc(N2CCCCCC2)n1. The molecule has 0 unspecified atom stereocenters. The molecule has 1 fully saturated rings. The number of thiophene rings is 1. The van der Waals surface area contributed by atoms with E-state index in [1.165, 1.54) is 35.9 Å². The zero-order chi connectivity index (χ0) is 16.2. The summed E-state index contributed by atoms with van der Waals surface area (Å²) < 4.78 is 1.22. The fraction of sp³-hybridized carbons (Fsp3) is 0.368. The van der Waals surface area contributed by atoms with Crippen LogP contribution in [-0.2, 0) is 6.54 Å². The maximum absolute atomic E-state index is 4.59. The zero-order valence-corrected chi connectivity index (χ0v) is 14.6. The summed E-state index contributed by atoms with van der Waals surface area (Å²) in [5, 5.41) is 5.65. The van der Waals surface area contributed by atoms with E-state index in [0.717, 1.165) is 36.7 Å². The number of hydrogen-bond donors (Lipinski definition) is 1. The van der Waals surface area contributed by atoms with Crippen molar-refractivity contribution < 1.29 is 0 Å². The Hall–Kier alpha value is -2.14. The highest BCUT2D eigenvalue weighted by molar-refractivity contribution is 7.17. The molecule has 24 heavy (non-hydrogen) atoms. The van der Waals surface area contributed by atoms with Gasteiger partial charge in [-0.05, 0) is 48.1 Å². The molecule has 1 aliphatic rings. The summed E-state index contributed by atoms with van der Waals surface area (Å²) >= 11 is 1.73. The average Bonchev–Trinajstić information content (AvgIpc) is 2.94. The molecular formula is C19H22N4S. The van der Waals surface area contributed by atoms with Gasteiger partial charge in [0.1, 0.15) is 5.82 Å². The molecule has 0 saturated carbocycles. The van der Waals surface area contributed by atoms with Crippen LogP contribution in [0.5, 0.6) is 0 Å². The highest BCUT2D eigenvalue weighted by Crippen LogP contribution is 2.27. The molecule has 0 radical (unpaired) electrons. The maximum atomic E-state index is 4.59. The lowest BCUT2D eigenvalue weighted by Gasteiger charge is -2.22. The van der Waals surface area contributed by atoms with E-state index in [-0.39, 0.29) is 0 Å². The molecule has 0 aromatic carbocycles. The molecular weight excluding hydrogens is 316 g/mol. The minimum atomic E-state index is 0.806. The molecule has 0 atom stereocenters. The third kappa shape index (κ3) is 3.36. The first-order valence-electron chi connectivity index (χ1n) is 8.66. The molecule has 3 aromatic heterocycles. The van der Waals surface area contributed by atoms with E-state index < -0.39 is 0 Å². The van der Waals surface area contributed by atoms with Gasteiger partial charge in [0.25, 0.3) is 0 Å². The van der Waals surface area contributed by atoms with E-state index in [4.69, 9.17) is 0 Å². The van der Waals surface area contributed by atoms with E-state index in [1.807, 2.05) is 12.4 Å². The first-order chi connectivity index (χ1) is 11.9. The van der Waals surface area contributed by atoms with Gasteiger partial charge in [-0.1, -0.05) is 12.8 Å². The van der Waals surface area contributed by atoms with Crippen molar-refractivity contribution in [2.45, 2.75) is 32.2 Å². The summed E-state index contributed by atoms with van der Waals surface area (Å²) in [4.78, 5) is 11.4. The molecule has 0 bridgehead atoms. The van der Waals surface area contributed by atoms with Gasteiger partial charge in [-0.15, -0.1) is 11.3 Å². The lowest BCUT2D eigenvalue weighted by molar-refractivity contribution is 0.726. The van der Waals surface area contributed by atoms with Crippen LogP contribution >= 0.6 is 11.3 Å². The quantitative estimate of drug-likeness (QED) is 0.749. The average molecular weight is 338 g/mol. The van der Waals surface area contributed by atoms with Gasteiger partial charge in [-0.3, -0.25) is 4.98 Å². The van der Waals surface area contributed by atoms with Gasteiger partial charge in [-0.25, -0.2) is 4.98 Å². The Morgan fingerprint density at radius 3 is 2.71 bits per heavy atom. The van der Waals surface area contributed by atoms with Crippen LogP contribution in [0.2, 0.25) is 0 Å². The molecule has 0 amide bonds. The summed E-state index contributed by atoms with van der Waals surface area (Å²) in [7, 11) is 0. The Labute approximate surface area is 146 Å². The molecule has 124 valence electrons. The highest BCUT2D eigenvalue weighted by atomic mass is 32.1. The van der Waals surface area contributed by atoms with E-state index in [1.54, 1.807) is 11.3 Å². The van der Waals surface area contributed by atoms with Crippen LogP contribution in [0.1, 0.15) is 31.2 Å². The smallest absolute Gasteiger partial charge is 0.128 e. The van der Waals surface area contributed by atoms with E-state index in [9.17, 15) is 0 Å². The summed E-state index contributed by atoms with van der Waals surface area (Å²) in [5.74, 6) is 1.12. The lowest BCUT2D eigenvalue weighted by Crippen LogP contribution is -2.25. The van der Waals surface area contributed by atoms with Gasteiger partial charge < -0.3 is 10.2 Å². The van der Waals surface area contributed by atoms with Crippen molar-refractivity contribution in [2.75, 3.05) is 23.3 Å². The predicted molar refractivity (Wildman–Crippen MR) is 102 cm³/mol. The number of hydrogen-bond acceptors (Lipinski definition) is 5. The van der Waals surface area contributed by atoms with Crippen LogP contribution in [0.15, 0.2) is 42.0 Å². The van der Waals surface area contributed by atoms with E-state index in [2.05, 4.69) is 49.8 Å². The van der Waals surface area contributed by atoms with Gasteiger partial charge in [0.2, 0.25) is 0 Å². The second-order valence-electron chi connectivity index (χ2n) is 6.27. The number of rotatable bonds is 4.